The van der Waals surface area contributed by atoms with E-state index in [1.54, 1.807) is 13.1 Å². The van der Waals surface area contributed by atoms with E-state index in [0.29, 0.717) is 12.2 Å². The number of rotatable bonds is 10. The quantitative estimate of drug-likeness (QED) is 0.193. The van der Waals surface area contributed by atoms with Crippen molar-refractivity contribution in [1.29, 1.82) is 0 Å². The Labute approximate surface area is 176 Å². The number of nitrogens with one attached hydrogen (secondary N) is 2. The number of aromatic nitrogens is 2. The van der Waals surface area contributed by atoms with E-state index in [4.69, 9.17) is 16.3 Å². The number of oxime groups is 1. The molecular weight excluding hydrogens is 386 g/mol. The highest BCUT2D eigenvalue weighted by atomic mass is 16.6. The normalized spacial score (nSPS) is 11.0. The van der Waals surface area contributed by atoms with Gasteiger partial charge in [-0.25, -0.2) is 4.98 Å². The molecule has 0 aliphatic heterocycles. The zero-order valence-corrected chi connectivity index (χ0v) is 16.6. The third kappa shape index (κ3) is 7.46. The summed E-state index contributed by atoms with van der Waals surface area (Å²) in [5.41, 5.74) is 11.7. The Morgan fingerprint density at radius 3 is 2.67 bits per heavy atom. The number of carbonyl (C=O) groups is 1. The van der Waals surface area contributed by atoms with Crippen LogP contribution in [0.3, 0.4) is 0 Å². The third-order valence-electron chi connectivity index (χ3n) is 4.19. The van der Waals surface area contributed by atoms with Gasteiger partial charge < -0.3 is 26.9 Å². The second kappa shape index (κ2) is 12.1. The number of anilines is 1. The smallest absolute Gasteiger partial charge is 0.293 e. The first-order chi connectivity index (χ1) is 13.9. The molecule has 10 nitrogen and oxygen atoms in total. The zero-order valence-electron chi connectivity index (χ0n) is 16.6. The van der Waals surface area contributed by atoms with Crippen LogP contribution < -0.4 is 27.7 Å². The maximum atomic E-state index is 12.7. The lowest BCUT2D eigenvalue weighted by Crippen LogP contribution is -2.36. The standard InChI is InChI=1S/C19H27N7O3.CH4/c1-13(15-6-4-3-5-7-15)10-23-17-18(28)26(14(2)11-24-17)12-16(27)22-8-9-29-25-19(20)21;/h3-7,11,13H,8-10,12H2,1-2H3,(H,22,27)(H,23,24)(H4,20,21,25);1H4. The maximum absolute atomic E-state index is 12.7. The summed E-state index contributed by atoms with van der Waals surface area (Å²) in [6.45, 7) is 4.51. The summed E-state index contributed by atoms with van der Waals surface area (Å²) in [5, 5.41) is 9.07. The summed E-state index contributed by atoms with van der Waals surface area (Å²) < 4.78 is 1.37. The van der Waals surface area contributed by atoms with Crippen LogP contribution in [0, 0.1) is 6.92 Å². The number of benzene rings is 1. The molecule has 0 bridgehead atoms. The van der Waals surface area contributed by atoms with Crippen molar-refractivity contribution in [3.8, 4) is 0 Å². The van der Waals surface area contributed by atoms with Crippen LogP contribution in [0.1, 0.15) is 31.5 Å². The van der Waals surface area contributed by atoms with Crippen LogP contribution in [0.15, 0.2) is 46.5 Å². The van der Waals surface area contributed by atoms with Crippen molar-refractivity contribution in [3.63, 3.8) is 0 Å². The van der Waals surface area contributed by atoms with Gasteiger partial charge in [0.05, 0.1) is 6.54 Å². The van der Waals surface area contributed by atoms with Gasteiger partial charge in [0.2, 0.25) is 11.9 Å². The van der Waals surface area contributed by atoms with Crippen molar-refractivity contribution in [2.75, 3.05) is 25.0 Å². The van der Waals surface area contributed by atoms with Crippen molar-refractivity contribution in [2.45, 2.75) is 33.7 Å². The summed E-state index contributed by atoms with van der Waals surface area (Å²) in [6.07, 6.45) is 1.56. The molecule has 0 fully saturated rings. The fourth-order valence-corrected chi connectivity index (χ4v) is 2.59. The third-order valence-corrected chi connectivity index (χ3v) is 4.19. The van der Waals surface area contributed by atoms with E-state index in [9.17, 15) is 9.59 Å². The molecule has 0 saturated heterocycles. The number of hydrogen-bond donors (Lipinski definition) is 4. The number of guanidine groups is 1. The molecule has 6 N–H and O–H groups in total. The van der Waals surface area contributed by atoms with Crippen LogP contribution in [0.4, 0.5) is 5.82 Å². The van der Waals surface area contributed by atoms with E-state index < -0.39 is 0 Å². The average molecular weight is 418 g/mol. The summed E-state index contributed by atoms with van der Waals surface area (Å²) in [7, 11) is 0. The Hall–Kier alpha value is -3.56. The molecule has 0 saturated carbocycles. The van der Waals surface area contributed by atoms with Crippen LogP contribution >= 0.6 is 0 Å². The van der Waals surface area contributed by atoms with Crippen LogP contribution in [0.5, 0.6) is 0 Å². The molecule has 1 aromatic heterocycles. The van der Waals surface area contributed by atoms with E-state index in [-0.39, 0.29) is 56.3 Å². The van der Waals surface area contributed by atoms with Gasteiger partial charge in [-0.1, -0.05) is 44.7 Å². The number of aryl methyl sites for hydroxylation is 1. The Kier molecular flexibility index (Phi) is 9.87. The van der Waals surface area contributed by atoms with E-state index in [1.807, 2.05) is 30.3 Å². The van der Waals surface area contributed by atoms with Gasteiger partial charge in [-0.05, 0) is 23.6 Å². The van der Waals surface area contributed by atoms with Crippen molar-refractivity contribution in [1.82, 2.24) is 14.9 Å². The van der Waals surface area contributed by atoms with Crippen molar-refractivity contribution in [2.24, 2.45) is 16.6 Å². The lowest BCUT2D eigenvalue weighted by atomic mass is 10.0. The van der Waals surface area contributed by atoms with E-state index in [0.717, 1.165) is 5.56 Å². The summed E-state index contributed by atoms with van der Waals surface area (Å²) in [6, 6.07) is 9.98. The summed E-state index contributed by atoms with van der Waals surface area (Å²) in [4.78, 5) is 33.8. The molecule has 0 spiro atoms. The predicted octanol–water partition coefficient (Wildman–Crippen LogP) is 0.725. The molecule has 10 heteroatoms. The Morgan fingerprint density at radius 1 is 1.30 bits per heavy atom. The maximum Gasteiger partial charge on any atom is 0.293 e. The largest absolute Gasteiger partial charge is 0.391 e. The summed E-state index contributed by atoms with van der Waals surface area (Å²) >= 11 is 0. The second-order valence-electron chi connectivity index (χ2n) is 6.53. The highest BCUT2D eigenvalue weighted by Crippen LogP contribution is 2.14. The molecule has 1 aromatic carbocycles. The molecular formula is C20H31N7O3. The minimum atomic E-state index is -0.350. The van der Waals surface area contributed by atoms with Crippen LogP contribution in [0.25, 0.3) is 0 Å². The summed E-state index contributed by atoms with van der Waals surface area (Å²) in [5.74, 6) is -0.127. The molecule has 0 radical (unpaired) electrons. The lowest BCUT2D eigenvalue weighted by molar-refractivity contribution is -0.122. The highest BCUT2D eigenvalue weighted by molar-refractivity contribution is 5.76. The molecule has 0 aliphatic carbocycles. The zero-order chi connectivity index (χ0) is 21.2. The molecule has 2 aromatic rings. The van der Waals surface area contributed by atoms with Gasteiger partial charge in [0.15, 0.2) is 5.82 Å². The lowest BCUT2D eigenvalue weighted by Gasteiger charge is -2.15. The molecule has 1 atom stereocenters. The number of carbonyl (C=O) groups excluding carboxylic acids is 1. The monoisotopic (exact) mass is 417 g/mol. The molecule has 30 heavy (non-hydrogen) atoms. The van der Waals surface area contributed by atoms with E-state index in [1.165, 1.54) is 4.57 Å². The van der Waals surface area contributed by atoms with Gasteiger partial charge in [-0.15, -0.1) is 0 Å². The average Bonchev–Trinajstić information content (AvgIpc) is 2.70. The van der Waals surface area contributed by atoms with Crippen LogP contribution in [0.2, 0.25) is 0 Å². The Balaban J connectivity index is 0.00000450. The fourth-order valence-electron chi connectivity index (χ4n) is 2.59. The van der Waals surface area contributed by atoms with E-state index >= 15 is 0 Å². The van der Waals surface area contributed by atoms with E-state index in [2.05, 4.69) is 27.7 Å². The molecule has 1 unspecified atom stereocenters. The van der Waals surface area contributed by atoms with Crippen molar-refractivity contribution in [3.05, 3.63) is 58.1 Å². The molecule has 1 heterocycles. The van der Waals surface area contributed by atoms with Crippen molar-refractivity contribution < 1.29 is 9.63 Å². The minimum absolute atomic E-state index is 0. The molecule has 164 valence electrons. The first-order valence-electron chi connectivity index (χ1n) is 9.21. The number of amides is 1. The number of nitrogens with two attached hydrogens (primary N) is 2. The molecule has 0 aliphatic rings. The highest BCUT2D eigenvalue weighted by Gasteiger charge is 2.13. The number of nitrogens with zero attached hydrogens (tertiary/aromatic N) is 3. The first kappa shape index (κ1) is 24.5. The fraction of sp³-hybridized carbons (Fsp3) is 0.400. The van der Waals surface area contributed by atoms with Crippen molar-refractivity contribution >= 4 is 17.7 Å². The topological polar surface area (TPSA) is 150 Å². The van der Waals surface area contributed by atoms with Crippen LogP contribution in [-0.2, 0) is 16.2 Å². The SMILES string of the molecule is C.Cc1cnc(NCC(C)c2ccccc2)c(=O)n1CC(=O)NCCON=C(N)N. The van der Waals surface area contributed by atoms with Gasteiger partial charge in [-0.2, -0.15) is 0 Å². The second-order valence-corrected chi connectivity index (χ2v) is 6.53. The predicted molar refractivity (Wildman–Crippen MR) is 118 cm³/mol. The first-order valence-corrected chi connectivity index (χ1v) is 9.21. The Bertz CT molecular complexity index is 893. The number of hydrogen-bond acceptors (Lipinski definition) is 6. The van der Waals surface area contributed by atoms with Gasteiger partial charge in [-0.3, -0.25) is 14.2 Å². The minimum Gasteiger partial charge on any atom is -0.391 e. The van der Waals surface area contributed by atoms with Gasteiger partial charge in [0.1, 0.15) is 13.2 Å². The van der Waals surface area contributed by atoms with Gasteiger partial charge in [0, 0.05) is 18.4 Å². The van der Waals surface area contributed by atoms with Crippen LogP contribution in [-0.4, -0.2) is 41.1 Å². The van der Waals surface area contributed by atoms with Gasteiger partial charge >= 0.3 is 0 Å². The Morgan fingerprint density at radius 2 is 2.00 bits per heavy atom. The molecule has 1 amide bonds. The van der Waals surface area contributed by atoms with Gasteiger partial charge in [0.25, 0.3) is 5.56 Å². The molecule has 2 rings (SSSR count).